The van der Waals surface area contributed by atoms with Gasteiger partial charge in [0.15, 0.2) is 0 Å². The lowest BCUT2D eigenvalue weighted by atomic mass is 9.95. The van der Waals surface area contributed by atoms with Gasteiger partial charge in [-0.1, -0.05) is 12.1 Å². The Hall–Kier alpha value is -4.16. The number of aromatic carboxylic acids is 1. The quantitative estimate of drug-likeness (QED) is 0.243. The Labute approximate surface area is 211 Å². The highest BCUT2D eigenvalue weighted by molar-refractivity contribution is 7.17. The maximum absolute atomic E-state index is 13.0. The van der Waals surface area contributed by atoms with Gasteiger partial charge in [-0.2, -0.15) is 5.26 Å². The van der Waals surface area contributed by atoms with Crippen LogP contribution in [0.25, 0.3) is 17.4 Å². The number of hydrogen-bond acceptors (Lipinski definition) is 7. The normalized spacial score (nSPS) is 13.0. The molecule has 1 aliphatic carbocycles. The average Bonchev–Trinajstić information content (AvgIpc) is 3.46. The Kier molecular flexibility index (Phi) is 7.36. The summed E-state index contributed by atoms with van der Waals surface area (Å²) in [6.07, 6.45) is 4.87. The molecular formula is C27H24N2O6S. The predicted molar refractivity (Wildman–Crippen MR) is 135 cm³/mol. The highest BCUT2D eigenvalue weighted by Crippen LogP contribution is 2.39. The molecule has 1 amide bonds. The van der Waals surface area contributed by atoms with Crippen molar-refractivity contribution in [2.24, 2.45) is 0 Å². The number of thiophene rings is 1. The maximum Gasteiger partial charge on any atom is 0.341 e. The number of fused-ring (bicyclic) bond motifs is 1. The number of carboxylic acid groups (broad SMARTS) is 1. The molecule has 0 unspecified atom stereocenters. The zero-order valence-electron chi connectivity index (χ0n) is 19.8. The number of nitriles is 1. The van der Waals surface area contributed by atoms with Crippen LogP contribution in [-0.4, -0.2) is 29.6 Å². The number of anilines is 1. The third kappa shape index (κ3) is 4.95. The Morgan fingerprint density at radius 1 is 1.22 bits per heavy atom. The van der Waals surface area contributed by atoms with Gasteiger partial charge >= 0.3 is 11.9 Å². The van der Waals surface area contributed by atoms with Gasteiger partial charge in [0.25, 0.3) is 5.91 Å². The molecule has 0 radical (unpaired) electrons. The molecule has 36 heavy (non-hydrogen) atoms. The van der Waals surface area contributed by atoms with Crippen LogP contribution in [0.4, 0.5) is 5.00 Å². The van der Waals surface area contributed by atoms with Crippen LogP contribution in [0.5, 0.6) is 0 Å². The first-order chi connectivity index (χ1) is 17.3. The summed E-state index contributed by atoms with van der Waals surface area (Å²) in [6.45, 7) is 3.63. The number of carbonyl (C=O) groups excluding carboxylic acids is 2. The molecule has 1 aliphatic rings. The molecule has 184 valence electrons. The fourth-order valence-corrected chi connectivity index (χ4v) is 5.52. The van der Waals surface area contributed by atoms with Gasteiger partial charge in [0.2, 0.25) is 0 Å². The second-order valence-electron chi connectivity index (χ2n) is 8.24. The number of rotatable bonds is 7. The van der Waals surface area contributed by atoms with Crippen LogP contribution >= 0.6 is 11.3 Å². The van der Waals surface area contributed by atoms with Crippen LogP contribution in [0.2, 0.25) is 0 Å². The van der Waals surface area contributed by atoms with Gasteiger partial charge in [0.05, 0.1) is 17.7 Å². The average molecular weight is 505 g/mol. The van der Waals surface area contributed by atoms with E-state index in [0.29, 0.717) is 27.5 Å². The highest BCUT2D eigenvalue weighted by Gasteiger charge is 2.28. The van der Waals surface area contributed by atoms with Crippen molar-refractivity contribution in [3.63, 3.8) is 0 Å². The van der Waals surface area contributed by atoms with Crippen LogP contribution in [0.1, 0.15) is 62.2 Å². The molecular weight excluding hydrogens is 480 g/mol. The van der Waals surface area contributed by atoms with E-state index in [1.54, 1.807) is 38.1 Å². The fourth-order valence-electron chi connectivity index (χ4n) is 4.24. The summed E-state index contributed by atoms with van der Waals surface area (Å²) in [5.41, 5.74) is 2.39. The Bertz CT molecular complexity index is 1420. The largest absolute Gasteiger partial charge is 0.478 e. The van der Waals surface area contributed by atoms with Crippen molar-refractivity contribution in [2.45, 2.75) is 39.5 Å². The van der Waals surface area contributed by atoms with Crippen molar-refractivity contribution in [2.75, 3.05) is 11.9 Å². The molecule has 0 atom stereocenters. The van der Waals surface area contributed by atoms with Crippen LogP contribution in [0, 0.1) is 18.3 Å². The SMILES string of the molecule is CCOC(=O)c1c(NC(=O)C(C#N)=Cc2ccc(-c3cccc(C(=O)O)c3C)o2)sc2c1CCCC2. The van der Waals surface area contributed by atoms with Crippen molar-refractivity contribution in [1.82, 2.24) is 0 Å². The Balaban J connectivity index is 1.61. The van der Waals surface area contributed by atoms with Gasteiger partial charge in [0, 0.05) is 16.5 Å². The van der Waals surface area contributed by atoms with Crippen molar-refractivity contribution >= 4 is 40.3 Å². The number of hydrogen-bond donors (Lipinski definition) is 2. The van der Waals surface area contributed by atoms with E-state index in [0.717, 1.165) is 36.1 Å². The number of carboxylic acids is 1. The number of esters is 1. The first-order valence-corrected chi connectivity index (χ1v) is 12.3. The molecule has 0 saturated carbocycles. The molecule has 9 heteroatoms. The van der Waals surface area contributed by atoms with E-state index < -0.39 is 17.8 Å². The number of furan rings is 1. The van der Waals surface area contributed by atoms with E-state index in [1.807, 2.05) is 6.07 Å². The van der Waals surface area contributed by atoms with E-state index in [9.17, 15) is 24.8 Å². The Morgan fingerprint density at radius 2 is 2.00 bits per heavy atom. The summed E-state index contributed by atoms with van der Waals surface area (Å²) in [6, 6.07) is 10.0. The molecule has 0 fully saturated rings. The van der Waals surface area contributed by atoms with Crippen molar-refractivity contribution < 1.29 is 28.6 Å². The molecule has 0 spiro atoms. The lowest BCUT2D eigenvalue weighted by Gasteiger charge is -2.12. The molecule has 4 rings (SSSR count). The zero-order chi connectivity index (χ0) is 25.8. The minimum atomic E-state index is -1.04. The molecule has 3 aromatic rings. The number of nitrogens with one attached hydrogen (secondary N) is 1. The van der Waals surface area contributed by atoms with Crippen LogP contribution in [0.15, 0.2) is 40.3 Å². The van der Waals surface area contributed by atoms with E-state index in [-0.39, 0.29) is 23.5 Å². The van der Waals surface area contributed by atoms with Crippen LogP contribution < -0.4 is 5.32 Å². The first kappa shape index (κ1) is 24.9. The minimum absolute atomic E-state index is 0.161. The van der Waals surface area contributed by atoms with Gasteiger partial charge < -0.3 is 19.6 Å². The molecule has 0 aliphatic heterocycles. The topological polar surface area (TPSA) is 130 Å². The predicted octanol–water partition coefficient (Wildman–Crippen LogP) is 5.62. The van der Waals surface area contributed by atoms with Crippen LogP contribution in [0.3, 0.4) is 0 Å². The molecule has 1 aromatic carbocycles. The second-order valence-corrected chi connectivity index (χ2v) is 9.35. The number of nitrogens with zero attached hydrogens (tertiary/aromatic N) is 1. The molecule has 0 saturated heterocycles. The van der Waals surface area contributed by atoms with Gasteiger partial charge in [-0.15, -0.1) is 11.3 Å². The summed E-state index contributed by atoms with van der Waals surface area (Å²) in [5.74, 6) is -1.52. The minimum Gasteiger partial charge on any atom is -0.478 e. The van der Waals surface area contributed by atoms with Gasteiger partial charge in [0.1, 0.15) is 28.2 Å². The summed E-state index contributed by atoms with van der Waals surface area (Å²) in [4.78, 5) is 38.1. The van der Waals surface area contributed by atoms with Gasteiger partial charge in [-0.25, -0.2) is 9.59 Å². The third-order valence-electron chi connectivity index (χ3n) is 5.99. The summed E-state index contributed by atoms with van der Waals surface area (Å²) in [5, 5.41) is 22.1. The van der Waals surface area contributed by atoms with Crippen LogP contribution in [-0.2, 0) is 22.4 Å². The number of carbonyl (C=O) groups is 3. The Morgan fingerprint density at radius 3 is 2.72 bits per heavy atom. The summed E-state index contributed by atoms with van der Waals surface area (Å²) >= 11 is 1.34. The number of aryl methyl sites for hydroxylation is 1. The second kappa shape index (κ2) is 10.6. The lowest BCUT2D eigenvalue weighted by molar-refractivity contribution is -0.112. The standard InChI is InChI=1S/C27H24N2O6S/c1-3-34-27(33)23-20-7-4-5-10-22(20)36-25(23)29-24(30)16(14-28)13-17-11-12-21(35-17)18-8-6-9-19(15(18)2)26(31)32/h6,8-9,11-13H,3-5,7,10H2,1-2H3,(H,29,30)(H,31,32). The molecule has 2 heterocycles. The van der Waals surface area contributed by atoms with Crippen molar-refractivity contribution in [1.29, 1.82) is 5.26 Å². The van der Waals surface area contributed by atoms with Gasteiger partial charge in [-0.05, 0) is 68.9 Å². The zero-order valence-corrected chi connectivity index (χ0v) is 20.7. The maximum atomic E-state index is 13.0. The van der Waals surface area contributed by atoms with Gasteiger partial charge in [-0.3, -0.25) is 4.79 Å². The van der Waals surface area contributed by atoms with Crippen molar-refractivity contribution in [3.05, 3.63) is 68.8 Å². The lowest BCUT2D eigenvalue weighted by Crippen LogP contribution is -2.16. The molecule has 2 aromatic heterocycles. The number of amides is 1. The fraction of sp³-hybridized carbons (Fsp3) is 0.259. The summed E-state index contributed by atoms with van der Waals surface area (Å²) in [7, 11) is 0. The molecule has 0 bridgehead atoms. The summed E-state index contributed by atoms with van der Waals surface area (Å²) < 4.78 is 11.0. The van der Waals surface area contributed by atoms with E-state index >= 15 is 0 Å². The molecule has 8 nitrogen and oxygen atoms in total. The van der Waals surface area contributed by atoms with E-state index in [1.165, 1.54) is 23.5 Å². The monoisotopic (exact) mass is 504 g/mol. The smallest absolute Gasteiger partial charge is 0.341 e. The van der Waals surface area contributed by atoms with E-state index in [2.05, 4.69) is 5.32 Å². The van der Waals surface area contributed by atoms with Crippen molar-refractivity contribution in [3.8, 4) is 17.4 Å². The molecule has 2 N–H and O–H groups in total. The number of ether oxygens (including phenoxy) is 1. The number of benzene rings is 1. The first-order valence-electron chi connectivity index (χ1n) is 11.5. The highest BCUT2D eigenvalue weighted by atomic mass is 32.1. The van der Waals surface area contributed by atoms with E-state index in [4.69, 9.17) is 9.15 Å². The third-order valence-corrected chi connectivity index (χ3v) is 7.19.